The molecule has 1 aromatic carbocycles. The second kappa shape index (κ2) is 7.72. The Kier molecular flexibility index (Phi) is 5.27. The zero-order chi connectivity index (χ0) is 20.6. The molecule has 4 heteroatoms. The minimum atomic E-state index is -0.0430. The molecule has 0 amide bonds. The molecule has 0 bridgehead atoms. The molecular weight excluding hydrogens is 360 g/mol. The maximum Gasteiger partial charge on any atom is 0.254 e. The lowest BCUT2D eigenvalue weighted by molar-refractivity contribution is 0.167. The van der Waals surface area contributed by atoms with Crippen LogP contribution in [0.15, 0.2) is 41.2 Å². The summed E-state index contributed by atoms with van der Waals surface area (Å²) in [5.41, 5.74) is 3.16. The molecule has 0 unspecified atom stereocenters. The molecule has 0 saturated heterocycles. The molecule has 0 radical (unpaired) electrons. The van der Waals surface area contributed by atoms with Crippen LogP contribution in [0.5, 0.6) is 5.75 Å². The van der Waals surface area contributed by atoms with Gasteiger partial charge in [0.05, 0.1) is 11.6 Å². The molecule has 2 saturated carbocycles. The summed E-state index contributed by atoms with van der Waals surface area (Å²) in [6, 6.07) is 11.8. The van der Waals surface area contributed by atoms with E-state index in [4.69, 9.17) is 4.74 Å². The Morgan fingerprint density at radius 3 is 2.45 bits per heavy atom. The number of nitrogens with zero attached hydrogens (tertiary/aromatic N) is 2. The van der Waals surface area contributed by atoms with Crippen molar-refractivity contribution in [3.63, 3.8) is 0 Å². The highest BCUT2D eigenvalue weighted by molar-refractivity contribution is 5.38. The molecule has 2 aromatic rings. The Balaban J connectivity index is 1.49. The Hall–Kier alpha value is -2.51. The summed E-state index contributed by atoms with van der Waals surface area (Å²) < 4.78 is 7.82. The number of hydrogen-bond donors (Lipinski definition) is 0. The van der Waals surface area contributed by atoms with E-state index in [9.17, 15) is 4.79 Å². The van der Waals surface area contributed by atoms with Crippen LogP contribution in [0, 0.1) is 24.7 Å². The van der Waals surface area contributed by atoms with Crippen molar-refractivity contribution in [3.8, 4) is 17.6 Å². The largest absolute Gasteiger partial charge is 0.491 e. The monoisotopic (exact) mass is 390 g/mol. The molecule has 4 nitrogen and oxygen atoms in total. The van der Waals surface area contributed by atoms with Crippen molar-refractivity contribution in [3.05, 3.63) is 63.6 Å². The van der Waals surface area contributed by atoms with Crippen molar-refractivity contribution < 1.29 is 4.74 Å². The molecule has 1 atom stereocenters. The molecule has 0 N–H and O–H groups in total. The summed E-state index contributed by atoms with van der Waals surface area (Å²) in [5.74, 6) is 7.79. The van der Waals surface area contributed by atoms with Gasteiger partial charge in [0.2, 0.25) is 0 Å². The number of hydrogen-bond acceptors (Lipinski definition) is 3. The minimum Gasteiger partial charge on any atom is -0.491 e. The van der Waals surface area contributed by atoms with Crippen LogP contribution in [0.3, 0.4) is 0 Å². The van der Waals surface area contributed by atoms with Crippen molar-refractivity contribution in [1.29, 1.82) is 0 Å². The van der Waals surface area contributed by atoms with Gasteiger partial charge in [-0.1, -0.05) is 24.0 Å². The third kappa shape index (κ3) is 4.41. The van der Waals surface area contributed by atoms with Gasteiger partial charge in [0.25, 0.3) is 5.56 Å². The van der Waals surface area contributed by atoms with Gasteiger partial charge in [-0.3, -0.25) is 4.79 Å². The first-order valence-electron chi connectivity index (χ1n) is 10.5. The predicted octanol–water partition coefficient (Wildman–Crippen LogP) is 4.00. The van der Waals surface area contributed by atoms with Gasteiger partial charge < -0.3 is 14.2 Å². The summed E-state index contributed by atoms with van der Waals surface area (Å²) >= 11 is 0. The van der Waals surface area contributed by atoms with Crippen LogP contribution >= 0.6 is 0 Å². The fourth-order valence-corrected chi connectivity index (χ4v) is 3.75. The van der Waals surface area contributed by atoms with E-state index >= 15 is 0 Å². The number of aromatic nitrogens is 1. The summed E-state index contributed by atoms with van der Waals surface area (Å²) in [6.07, 6.45) is 4.77. The summed E-state index contributed by atoms with van der Waals surface area (Å²) in [4.78, 5) is 15.1. The highest BCUT2D eigenvalue weighted by Gasteiger charge is 2.45. The molecule has 4 rings (SSSR count). The lowest BCUT2D eigenvalue weighted by Gasteiger charge is -2.24. The molecule has 152 valence electrons. The van der Waals surface area contributed by atoms with Gasteiger partial charge in [-0.15, -0.1) is 0 Å². The summed E-state index contributed by atoms with van der Waals surface area (Å²) in [6.45, 7) is 4.66. The molecule has 0 spiro atoms. The molecule has 1 aromatic heterocycles. The van der Waals surface area contributed by atoms with Gasteiger partial charge in [-0.05, 0) is 77.4 Å². The average Bonchev–Trinajstić information content (AvgIpc) is 3.60. The normalized spacial score (nSPS) is 18.1. The maximum absolute atomic E-state index is 12.9. The second-order valence-corrected chi connectivity index (χ2v) is 8.79. The Morgan fingerprint density at radius 1 is 1.21 bits per heavy atom. The average molecular weight is 391 g/mol. The molecule has 0 aliphatic heterocycles. The quantitative estimate of drug-likeness (QED) is 0.699. The number of pyridine rings is 1. The molecule has 1 heterocycles. The number of aryl methyl sites for hydroxylation is 1. The molecule has 2 aliphatic carbocycles. The van der Waals surface area contributed by atoms with Crippen LogP contribution in [0.4, 0.5) is 0 Å². The molecule has 2 aliphatic rings. The molecular formula is C25H30N2O2. The van der Waals surface area contributed by atoms with Crippen LogP contribution < -0.4 is 10.3 Å². The van der Waals surface area contributed by atoms with E-state index in [0.717, 1.165) is 29.7 Å². The standard InChI is InChI=1S/C25H30N2O2/c1-18-15-23(29-17-25(13-14-25)26(3)4)16-24(28)27(18)19(2)22-11-9-21(10-12-22)8-7-20-5-6-20/h9-12,15-16,19-20H,5-6,13-14,17H2,1-4H3/t19-/m1/s1. The van der Waals surface area contributed by atoms with E-state index in [1.165, 1.54) is 12.8 Å². The van der Waals surface area contributed by atoms with Crippen molar-refractivity contribution >= 4 is 0 Å². The van der Waals surface area contributed by atoms with Gasteiger partial charge in [0, 0.05) is 23.2 Å². The van der Waals surface area contributed by atoms with Gasteiger partial charge in [-0.2, -0.15) is 0 Å². The highest BCUT2D eigenvalue weighted by atomic mass is 16.5. The fraction of sp³-hybridized carbons (Fsp3) is 0.480. The van der Waals surface area contributed by atoms with Gasteiger partial charge >= 0.3 is 0 Å². The number of rotatable bonds is 6. The lowest BCUT2D eigenvalue weighted by atomic mass is 10.1. The van der Waals surface area contributed by atoms with Crippen LogP contribution in [-0.4, -0.2) is 35.7 Å². The van der Waals surface area contributed by atoms with Crippen molar-refractivity contribution in [2.75, 3.05) is 20.7 Å². The Morgan fingerprint density at radius 2 is 1.90 bits per heavy atom. The van der Waals surface area contributed by atoms with Gasteiger partial charge in [-0.25, -0.2) is 0 Å². The van der Waals surface area contributed by atoms with Gasteiger partial charge in [0.1, 0.15) is 12.4 Å². The molecule has 2 fully saturated rings. The van der Waals surface area contributed by atoms with Crippen LogP contribution in [0.1, 0.15) is 55.5 Å². The van der Waals surface area contributed by atoms with E-state index < -0.39 is 0 Å². The van der Waals surface area contributed by atoms with Crippen LogP contribution in [0.25, 0.3) is 0 Å². The second-order valence-electron chi connectivity index (χ2n) is 8.79. The number of likely N-dealkylation sites (N-methyl/N-ethyl adjacent to an activating group) is 1. The predicted molar refractivity (Wildman–Crippen MR) is 116 cm³/mol. The van der Waals surface area contributed by atoms with E-state index in [1.807, 2.05) is 17.6 Å². The smallest absolute Gasteiger partial charge is 0.254 e. The first-order valence-corrected chi connectivity index (χ1v) is 10.5. The highest BCUT2D eigenvalue weighted by Crippen LogP contribution is 2.40. The van der Waals surface area contributed by atoms with Crippen molar-refractivity contribution in [2.24, 2.45) is 5.92 Å². The third-order valence-electron chi connectivity index (χ3n) is 6.30. The number of benzene rings is 1. The zero-order valence-corrected chi connectivity index (χ0v) is 17.9. The van der Waals surface area contributed by atoms with Gasteiger partial charge in [0.15, 0.2) is 0 Å². The van der Waals surface area contributed by atoms with E-state index in [2.05, 4.69) is 62.0 Å². The zero-order valence-electron chi connectivity index (χ0n) is 17.9. The van der Waals surface area contributed by atoms with E-state index in [1.54, 1.807) is 6.07 Å². The SMILES string of the molecule is Cc1cc(OCC2(N(C)C)CC2)cc(=O)n1[C@H](C)c1ccc(C#CC2CC2)cc1. The van der Waals surface area contributed by atoms with Crippen molar-refractivity contribution in [2.45, 2.75) is 51.1 Å². The summed E-state index contributed by atoms with van der Waals surface area (Å²) in [7, 11) is 4.17. The third-order valence-corrected chi connectivity index (χ3v) is 6.30. The Labute approximate surface area is 173 Å². The molecule has 29 heavy (non-hydrogen) atoms. The Bertz CT molecular complexity index is 1000. The van der Waals surface area contributed by atoms with Crippen LogP contribution in [-0.2, 0) is 0 Å². The van der Waals surface area contributed by atoms with Crippen molar-refractivity contribution in [1.82, 2.24) is 9.47 Å². The minimum absolute atomic E-state index is 0.0280. The maximum atomic E-state index is 12.9. The summed E-state index contributed by atoms with van der Waals surface area (Å²) in [5, 5.41) is 0. The number of ether oxygens (including phenoxy) is 1. The van der Waals surface area contributed by atoms with E-state index in [0.29, 0.717) is 18.3 Å². The topological polar surface area (TPSA) is 34.5 Å². The van der Waals surface area contributed by atoms with Crippen LogP contribution in [0.2, 0.25) is 0 Å². The lowest BCUT2D eigenvalue weighted by Crippen LogP contribution is -2.36. The fourth-order valence-electron chi connectivity index (χ4n) is 3.75. The van der Waals surface area contributed by atoms with E-state index in [-0.39, 0.29) is 17.1 Å². The first-order chi connectivity index (χ1) is 13.9. The first kappa shape index (κ1) is 19.8.